The number of carbonyl (C=O) groups excluding carboxylic acids is 1. The topological polar surface area (TPSA) is 38.8 Å². The van der Waals surface area contributed by atoms with Gasteiger partial charge in [0.15, 0.2) is 11.5 Å². The third-order valence-electron chi connectivity index (χ3n) is 3.97. The van der Waals surface area contributed by atoms with Gasteiger partial charge >= 0.3 is 0 Å². The minimum atomic E-state index is 0.145. The first-order valence-corrected chi connectivity index (χ1v) is 8.69. The molecule has 0 unspecified atom stereocenters. The minimum Gasteiger partial charge on any atom is -0.493 e. The number of aryl methyl sites for hydroxylation is 1. The molecule has 0 saturated carbocycles. The van der Waals surface area contributed by atoms with Crippen LogP contribution in [0.4, 0.5) is 0 Å². The summed E-state index contributed by atoms with van der Waals surface area (Å²) in [7, 11) is 1.64. The molecule has 3 rings (SSSR count). The van der Waals surface area contributed by atoms with Crippen LogP contribution in [0.25, 0.3) is 0 Å². The average Bonchev–Trinajstić information content (AvgIpc) is 3.24. The predicted molar refractivity (Wildman–Crippen MR) is 91.5 cm³/mol. The molecule has 4 nitrogen and oxygen atoms in total. The van der Waals surface area contributed by atoms with Crippen molar-refractivity contribution in [1.29, 1.82) is 0 Å². The number of hydrogen-bond donors (Lipinski definition) is 0. The zero-order valence-corrected chi connectivity index (χ0v) is 14.3. The quantitative estimate of drug-likeness (QED) is 0.834. The van der Waals surface area contributed by atoms with E-state index < -0.39 is 0 Å². The first kappa shape index (κ1) is 15.9. The van der Waals surface area contributed by atoms with Crippen molar-refractivity contribution in [1.82, 2.24) is 4.90 Å². The highest BCUT2D eigenvalue weighted by Gasteiger charge is 2.20. The SMILES string of the molecule is COc1cc(C)ccc1OCc1csc(C(=O)N2CCCC2)c1. The lowest BCUT2D eigenvalue weighted by molar-refractivity contribution is 0.0797. The third kappa shape index (κ3) is 3.67. The van der Waals surface area contributed by atoms with Gasteiger partial charge in [0.2, 0.25) is 0 Å². The van der Waals surface area contributed by atoms with Crippen LogP contribution in [0.5, 0.6) is 11.5 Å². The highest BCUT2D eigenvalue weighted by molar-refractivity contribution is 7.12. The molecule has 0 radical (unpaired) electrons. The summed E-state index contributed by atoms with van der Waals surface area (Å²) in [6.07, 6.45) is 2.22. The van der Waals surface area contributed by atoms with Crippen LogP contribution in [0, 0.1) is 6.92 Å². The lowest BCUT2D eigenvalue weighted by Gasteiger charge is -2.13. The van der Waals surface area contributed by atoms with E-state index in [-0.39, 0.29) is 5.91 Å². The molecular formula is C18H21NO3S. The Morgan fingerprint density at radius 2 is 2.00 bits per heavy atom. The number of likely N-dealkylation sites (tertiary alicyclic amines) is 1. The smallest absolute Gasteiger partial charge is 0.263 e. The van der Waals surface area contributed by atoms with Gasteiger partial charge in [-0.1, -0.05) is 6.07 Å². The number of thiophene rings is 1. The number of hydrogen-bond acceptors (Lipinski definition) is 4. The Morgan fingerprint density at radius 3 is 2.74 bits per heavy atom. The first-order valence-electron chi connectivity index (χ1n) is 7.81. The first-order chi connectivity index (χ1) is 11.2. The summed E-state index contributed by atoms with van der Waals surface area (Å²) in [5.74, 6) is 1.59. The Kier molecular flexibility index (Phi) is 4.86. The van der Waals surface area contributed by atoms with Crippen LogP contribution in [-0.2, 0) is 6.61 Å². The van der Waals surface area contributed by atoms with E-state index in [1.807, 2.05) is 41.5 Å². The van der Waals surface area contributed by atoms with E-state index in [0.29, 0.717) is 6.61 Å². The van der Waals surface area contributed by atoms with Gasteiger partial charge in [0.25, 0.3) is 5.91 Å². The van der Waals surface area contributed by atoms with E-state index in [0.717, 1.165) is 53.4 Å². The molecule has 0 spiro atoms. The second kappa shape index (κ2) is 7.04. The van der Waals surface area contributed by atoms with Crippen LogP contribution in [0.2, 0.25) is 0 Å². The summed E-state index contributed by atoms with van der Waals surface area (Å²) in [6.45, 7) is 4.21. The third-order valence-corrected chi connectivity index (χ3v) is 4.94. The Bertz CT molecular complexity index is 689. The molecule has 0 bridgehead atoms. The van der Waals surface area contributed by atoms with Gasteiger partial charge in [-0.2, -0.15) is 0 Å². The number of amides is 1. The fraction of sp³-hybridized carbons (Fsp3) is 0.389. The average molecular weight is 331 g/mol. The summed E-state index contributed by atoms with van der Waals surface area (Å²) in [4.78, 5) is 15.1. The van der Waals surface area contributed by atoms with E-state index in [9.17, 15) is 4.79 Å². The van der Waals surface area contributed by atoms with E-state index in [1.54, 1.807) is 7.11 Å². The maximum atomic E-state index is 12.3. The molecule has 23 heavy (non-hydrogen) atoms. The molecule has 1 amide bonds. The Labute approximate surface area is 140 Å². The van der Waals surface area contributed by atoms with Crippen LogP contribution in [0.1, 0.15) is 33.6 Å². The van der Waals surface area contributed by atoms with Crippen molar-refractivity contribution in [2.24, 2.45) is 0 Å². The van der Waals surface area contributed by atoms with Gasteiger partial charge in [-0.25, -0.2) is 0 Å². The minimum absolute atomic E-state index is 0.145. The van der Waals surface area contributed by atoms with Crippen molar-refractivity contribution in [3.8, 4) is 11.5 Å². The van der Waals surface area contributed by atoms with Gasteiger partial charge in [0.1, 0.15) is 6.61 Å². The number of rotatable bonds is 5. The summed E-state index contributed by atoms with van der Waals surface area (Å²) < 4.78 is 11.2. The van der Waals surface area contributed by atoms with Crippen LogP contribution in [-0.4, -0.2) is 31.0 Å². The van der Waals surface area contributed by atoms with Gasteiger partial charge < -0.3 is 14.4 Å². The monoisotopic (exact) mass is 331 g/mol. The molecule has 5 heteroatoms. The molecule has 0 N–H and O–H groups in total. The lowest BCUT2D eigenvalue weighted by Crippen LogP contribution is -2.26. The van der Waals surface area contributed by atoms with Gasteiger partial charge in [-0.3, -0.25) is 4.79 Å². The summed E-state index contributed by atoms with van der Waals surface area (Å²) >= 11 is 1.49. The second-order valence-electron chi connectivity index (χ2n) is 5.76. The van der Waals surface area contributed by atoms with Crippen molar-refractivity contribution in [3.05, 3.63) is 45.6 Å². The van der Waals surface area contributed by atoms with E-state index in [1.165, 1.54) is 11.3 Å². The zero-order valence-electron chi connectivity index (χ0n) is 13.5. The van der Waals surface area contributed by atoms with Crippen LogP contribution < -0.4 is 9.47 Å². The highest BCUT2D eigenvalue weighted by Crippen LogP contribution is 2.29. The van der Waals surface area contributed by atoms with Gasteiger partial charge in [0.05, 0.1) is 12.0 Å². The Hall–Kier alpha value is -2.01. The Balaban J connectivity index is 1.64. The van der Waals surface area contributed by atoms with Gasteiger partial charge in [-0.05, 0) is 48.9 Å². The molecule has 1 aliphatic heterocycles. The normalized spacial score (nSPS) is 14.1. The highest BCUT2D eigenvalue weighted by atomic mass is 32.1. The van der Waals surface area contributed by atoms with Crippen LogP contribution in [0.3, 0.4) is 0 Å². The standard InChI is InChI=1S/C18H21NO3S/c1-13-5-6-15(16(9-13)21-2)22-11-14-10-17(23-12-14)18(20)19-7-3-4-8-19/h5-6,9-10,12H,3-4,7-8,11H2,1-2H3. The Morgan fingerprint density at radius 1 is 1.22 bits per heavy atom. The summed E-state index contributed by atoms with van der Waals surface area (Å²) in [5.41, 5.74) is 2.14. The number of carbonyl (C=O) groups is 1. The zero-order chi connectivity index (χ0) is 16.2. The van der Waals surface area contributed by atoms with Crippen molar-refractivity contribution in [2.45, 2.75) is 26.4 Å². The van der Waals surface area contributed by atoms with Gasteiger partial charge in [0, 0.05) is 18.7 Å². The van der Waals surface area contributed by atoms with Crippen LogP contribution >= 0.6 is 11.3 Å². The van der Waals surface area contributed by atoms with Gasteiger partial charge in [-0.15, -0.1) is 11.3 Å². The summed E-state index contributed by atoms with van der Waals surface area (Å²) in [5, 5.41) is 1.99. The second-order valence-corrected chi connectivity index (χ2v) is 6.67. The van der Waals surface area contributed by atoms with Crippen molar-refractivity contribution < 1.29 is 14.3 Å². The van der Waals surface area contributed by atoms with E-state index >= 15 is 0 Å². The van der Waals surface area contributed by atoms with Crippen molar-refractivity contribution >= 4 is 17.2 Å². The number of nitrogens with zero attached hydrogens (tertiary/aromatic N) is 1. The maximum absolute atomic E-state index is 12.3. The number of ether oxygens (including phenoxy) is 2. The number of methoxy groups -OCH3 is 1. The van der Waals surface area contributed by atoms with E-state index in [2.05, 4.69) is 0 Å². The molecular weight excluding hydrogens is 310 g/mol. The fourth-order valence-corrected chi connectivity index (χ4v) is 3.56. The lowest BCUT2D eigenvalue weighted by atomic mass is 10.2. The van der Waals surface area contributed by atoms with Crippen molar-refractivity contribution in [3.63, 3.8) is 0 Å². The van der Waals surface area contributed by atoms with Crippen LogP contribution in [0.15, 0.2) is 29.6 Å². The molecule has 1 aromatic heterocycles. The molecule has 1 aromatic carbocycles. The molecule has 0 aliphatic carbocycles. The van der Waals surface area contributed by atoms with E-state index in [4.69, 9.17) is 9.47 Å². The number of benzene rings is 1. The molecule has 2 heterocycles. The molecule has 122 valence electrons. The molecule has 0 atom stereocenters. The molecule has 1 aliphatic rings. The molecule has 2 aromatic rings. The predicted octanol–water partition coefficient (Wildman–Crippen LogP) is 3.88. The largest absolute Gasteiger partial charge is 0.493 e. The molecule has 1 fully saturated rings. The molecule has 1 saturated heterocycles. The van der Waals surface area contributed by atoms with Crippen molar-refractivity contribution in [2.75, 3.05) is 20.2 Å². The summed E-state index contributed by atoms with van der Waals surface area (Å²) in [6, 6.07) is 7.79. The maximum Gasteiger partial charge on any atom is 0.263 e. The fourth-order valence-electron chi connectivity index (χ4n) is 2.69.